The van der Waals surface area contributed by atoms with Crippen LogP contribution in [-0.2, 0) is 6.54 Å². The number of amides is 1. The average molecular weight is 297 g/mol. The molecule has 0 unspecified atom stereocenters. The molecule has 0 saturated carbocycles. The minimum absolute atomic E-state index is 0.167. The molecule has 0 aromatic carbocycles. The van der Waals surface area contributed by atoms with Gasteiger partial charge >= 0.3 is 0 Å². The summed E-state index contributed by atoms with van der Waals surface area (Å²) in [6.45, 7) is 0.506. The molecule has 1 amide bonds. The number of halogens is 1. The van der Waals surface area contributed by atoms with Crippen molar-refractivity contribution >= 4 is 34.7 Å². The number of hydrogen-bond acceptors (Lipinski definition) is 5. The van der Waals surface area contributed by atoms with E-state index in [1.165, 1.54) is 11.3 Å². The Labute approximate surface area is 120 Å². The van der Waals surface area contributed by atoms with Crippen LogP contribution in [0.4, 0.5) is 5.82 Å². The molecule has 2 rings (SSSR count). The van der Waals surface area contributed by atoms with Crippen LogP contribution in [-0.4, -0.2) is 35.1 Å². The van der Waals surface area contributed by atoms with Crippen LogP contribution < -0.4 is 5.32 Å². The van der Waals surface area contributed by atoms with Gasteiger partial charge in [-0.15, -0.1) is 21.5 Å². The van der Waals surface area contributed by atoms with Crippen molar-refractivity contribution in [2.45, 2.75) is 6.54 Å². The molecule has 0 fully saturated rings. The van der Waals surface area contributed by atoms with Crippen molar-refractivity contribution in [3.05, 3.63) is 39.2 Å². The number of carbonyl (C=O) groups excluding carboxylic acids is 1. The first kappa shape index (κ1) is 13.8. The minimum atomic E-state index is -0.167. The van der Waals surface area contributed by atoms with Gasteiger partial charge in [-0.2, -0.15) is 0 Å². The van der Waals surface area contributed by atoms with Crippen molar-refractivity contribution in [2.24, 2.45) is 0 Å². The van der Waals surface area contributed by atoms with Crippen LogP contribution in [0.2, 0.25) is 4.34 Å². The number of hydrogen-bond donors (Lipinski definition) is 1. The quantitative estimate of drug-likeness (QED) is 0.942. The summed E-state index contributed by atoms with van der Waals surface area (Å²) in [5, 5.41) is 10.6. The van der Waals surface area contributed by atoms with Crippen molar-refractivity contribution < 1.29 is 4.79 Å². The minimum Gasteiger partial charge on any atom is -0.372 e. The predicted octanol–water partition coefficient (Wildman–Crippen LogP) is 2.51. The molecule has 0 atom stereocenters. The molecule has 0 aliphatic rings. The number of thiophene rings is 1. The lowest BCUT2D eigenvalue weighted by Gasteiger charge is -2.15. The summed E-state index contributed by atoms with van der Waals surface area (Å²) in [4.78, 5) is 14.7. The Morgan fingerprint density at radius 3 is 2.68 bits per heavy atom. The maximum absolute atomic E-state index is 12.1. The fraction of sp³-hybridized carbons (Fsp3) is 0.250. The Morgan fingerprint density at radius 2 is 2.16 bits per heavy atom. The summed E-state index contributed by atoms with van der Waals surface area (Å²) in [6, 6.07) is 7.10. The standard InChI is InChI=1S/C12H13ClN4OS/c1-14-11-6-4-9(15-16-11)12(18)17(2)7-8-3-5-10(13)19-8/h3-6H,7H2,1-2H3,(H,14,16). The number of carbonyl (C=O) groups is 1. The first-order valence-corrected chi connectivity index (χ1v) is 6.80. The Hall–Kier alpha value is -1.66. The lowest BCUT2D eigenvalue weighted by molar-refractivity contribution is 0.0779. The van der Waals surface area contributed by atoms with E-state index in [0.717, 1.165) is 4.88 Å². The third-order valence-electron chi connectivity index (χ3n) is 2.51. The van der Waals surface area contributed by atoms with E-state index in [9.17, 15) is 4.79 Å². The molecule has 0 radical (unpaired) electrons. The lowest BCUT2D eigenvalue weighted by atomic mass is 10.3. The van der Waals surface area contributed by atoms with Gasteiger partial charge in [-0.05, 0) is 24.3 Å². The van der Waals surface area contributed by atoms with Crippen molar-refractivity contribution in [1.29, 1.82) is 0 Å². The predicted molar refractivity (Wildman–Crippen MR) is 76.7 cm³/mol. The van der Waals surface area contributed by atoms with Gasteiger partial charge in [0.05, 0.1) is 10.9 Å². The summed E-state index contributed by atoms with van der Waals surface area (Å²) in [5.74, 6) is 0.462. The van der Waals surface area contributed by atoms with Crippen LogP contribution in [0.25, 0.3) is 0 Å². The third kappa shape index (κ3) is 3.42. The molecule has 100 valence electrons. The van der Waals surface area contributed by atoms with Crippen molar-refractivity contribution in [1.82, 2.24) is 15.1 Å². The molecule has 1 N–H and O–H groups in total. The SMILES string of the molecule is CNc1ccc(C(=O)N(C)Cc2ccc(Cl)s2)nn1. The number of nitrogens with zero attached hydrogens (tertiary/aromatic N) is 3. The van der Waals surface area contributed by atoms with Gasteiger partial charge in [0, 0.05) is 19.0 Å². The second-order valence-electron chi connectivity index (χ2n) is 3.92. The zero-order valence-electron chi connectivity index (χ0n) is 10.6. The molecule has 19 heavy (non-hydrogen) atoms. The smallest absolute Gasteiger partial charge is 0.274 e. The van der Waals surface area contributed by atoms with E-state index in [0.29, 0.717) is 22.4 Å². The maximum Gasteiger partial charge on any atom is 0.274 e. The zero-order valence-corrected chi connectivity index (χ0v) is 12.1. The summed E-state index contributed by atoms with van der Waals surface area (Å²) in [5.41, 5.74) is 0.323. The number of anilines is 1. The Morgan fingerprint density at radius 1 is 1.37 bits per heavy atom. The normalized spacial score (nSPS) is 10.3. The van der Waals surface area contributed by atoms with Crippen LogP contribution in [0, 0.1) is 0 Å². The van der Waals surface area contributed by atoms with E-state index < -0.39 is 0 Å². The zero-order chi connectivity index (χ0) is 13.8. The summed E-state index contributed by atoms with van der Waals surface area (Å²) in [6.07, 6.45) is 0. The molecule has 0 saturated heterocycles. The van der Waals surface area contributed by atoms with Crippen LogP contribution >= 0.6 is 22.9 Å². The summed E-state index contributed by atoms with van der Waals surface area (Å²) < 4.78 is 0.717. The van der Waals surface area contributed by atoms with Crippen LogP contribution in [0.3, 0.4) is 0 Å². The molecule has 2 aromatic heterocycles. The highest BCUT2D eigenvalue weighted by Crippen LogP contribution is 2.22. The van der Waals surface area contributed by atoms with Gasteiger partial charge in [-0.1, -0.05) is 11.6 Å². The second-order valence-corrected chi connectivity index (χ2v) is 5.72. The van der Waals surface area contributed by atoms with E-state index in [-0.39, 0.29) is 5.91 Å². The fourth-order valence-electron chi connectivity index (χ4n) is 1.52. The Bertz CT molecular complexity index is 569. The molecule has 2 heterocycles. The molecule has 5 nitrogen and oxygen atoms in total. The number of aromatic nitrogens is 2. The average Bonchev–Trinajstić information content (AvgIpc) is 2.83. The highest BCUT2D eigenvalue weighted by atomic mass is 35.5. The van der Waals surface area contributed by atoms with E-state index in [2.05, 4.69) is 15.5 Å². The van der Waals surface area contributed by atoms with Crippen LogP contribution in [0.15, 0.2) is 24.3 Å². The number of rotatable bonds is 4. The maximum atomic E-state index is 12.1. The van der Waals surface area contributed by atoms with Crippen molar-refractivity contribution in [3.63, 3.8) is 0 Å². The van der Waals surface area contributed by atoms with Crippen molar-refractivity contribution in [2.75, 3.05) is 19.4 Å². The molecular formula is C12H13ClN4OS. The van der Waals surface area contributed by atoms with Gasteiger partial charge in [0.15, 0.2) is 5.69 Å². The molecule has 0 spiro atoms. The largest absolute Gasteiger partial charge is 0.372 e. The fourth-order valence-corrected chi connectivity index (χ4v) is 2.66. The molecular weight excluding hydrogens is 284 g/mol. The van der Waals surface area contributed by atoms with E-state index in [1.807, 2.05) is 12.1 Å². The highest BCUT2D eigenvalue weighted by molar-refractivity contribution is 7.16. The second kappa shape index (κ2) is 5.99. The Kier molecular flexibility index (Phi) is 4.34. The van der Waals surface area contributed by atoms with Gasteiger partial charge in [0.1, 0.15) is 5.82 Å². The number of nitrogens with one attached hydrogen (secondary N) is 1. The van der Waals surface area contributed by atoms with Crippen molar-refractivity contribution in [3.8, 4) is 0 Å². The molecule has 0 bridgehead atoms. The molecule has 0 aliphatic heterocycles. The topological polar surface area (TPSA) is 58.1 Å². The summed E-state index contributed by atoms with van der Waals surface area (Å²) in [7, 11) is 3.47. The molecule has 2 aromatic rings. The molecule has 7 heteroatoms. The van der Waals surface area contributed by atoms with Gasteiger partial charge in [-0.25, -0.2) is 0 Å². The monoisotopic (exact) mass is 296 g/mol. The summed E-state index contributed by atoms with van der Waals surface area (Å²) >= 11 is 7.32. The van der Waals surface area contributed by atoms with Gasteiger partial charge < -0.3 is 10.2 Å². The third-order valence-corrected chi connectivity index (χ3v) is 3.72. The first-order valence-electron chi connectivity index (χ1n) is 5.61. The van der Waals surface area contributed by atoms with E-state index in [4.69, 9.17) is 11.6 Å². The van der Waals surface area contributed by atoms with Gasteiger partial charge in [0.2, 0.25) is 0 Å². The lowest BCUT2D eigenvalue weighted by Crippen LogP contribution is -2.26. The highest BCUT2D eigenvalue weighted by Gasteiger charge is 2.14. The van der Waals surface area contributed by atoms with E-state index >= 15 is 0 Å². The van der Waals surface area contributed by atoms with Crippen LogP contribution in [0.5, 0.6) is 0 Å². The van der Waals surface area contributed by atoms with Crippen LogP contribution in [0.1, 0.15) is 15.4 Å². The first-order chi connectivity index (χ1) is 9.10. The Balaban J connectivity index is 2.05. The van der Waals surface area contributed by atoms with Gasteiger partial charge in [-0.3, -0.25) is 4.79 Å². The van der Waals surface area contributed by atoms with E-state index in [1.54, 1.807) is 31.1 Å². The molecule has 0 aliphatic carbocycles. The van der Waals surface area contributed by atoms with Gasteiger partial charge in [0.25, 0.3) is 5.91 Å².